The third kappa shape index (κ3) is 5.39. The molecule has 6 nitrogen and oxygen atoms in total. The maximum atomic E-state index is 15.2. The number of pyridine rings is 1. The lowest BCUT2D eigenvalue weighted by atomic mass is 9.90. The molecule has 200 valence electrons. The molecule has 1 fully saturated rings. The number of aliphatic carboxylic acids is 1. The Balaban J connectivity index is 1.36. The maximum Gasteiger partial charge on any atom is 0.307 e. The molecule has 0 amide bonds. The minimum Gasteiger partial charge on any atom is -0.493 e. The second-order valence-electron chi connectivity index (χ2n) is 11.3. The van der Waals surface area contributed by atoms with Crippen molar-refractivity contribution >= 4 is 11.8 Å². The van der Waals surface area contributed by atoms with E-state index in [0.29, 0.717) is 30.8 Å². The Morgan fingerprint density at radius 1 is 1.18 bits per heavy atom. The van der Waals surface area contributed by atoms with Gasteiger partial charge in [0.2, 0.25) is 0 Å². The van der Waals surface area contributed by atoms with E-state index in [9.17, 15) is 15.0 Å². The Morgan fingerprint density at radius 2 is 1.92 bits per heavy atom. The summed E-state index contributed by atoms with van der Waals surface area (Å²) in [4.78, 5) is 15.7. The third-order valence-electron chi connectivity index (χ3n) is 7.74. The van der Waals surface area contributed by atoms with E-state index in [4.69, 9.17) is 4.74 Å². The van der Waals surface area contributed by atoms with Gasteiger partial charge in [-0.05, 0) is 111 Å². The number of aryl methyl sites for hydroxylation is 2. The fourth-order valence-corrected chi connectivity index (χ4v) is 5.67. The largest absolute Gasteiger partial charge is 0.493 e. The van der Waals surface area contributed by atoms with E-state index in [1.165, 1.54) is 0 Å². The van der Waals surface area contributed by atoms with E-state index in [-0.39, 0.29) is 23.7 Å². The molecule has 1 saturated carbocycles. The van der Waals surface area contributed by atoms with E-state index in [1.54, 1.807) is 26.1 Å². The van der Waals surface area contributed by atoms with Crippen molar-refractivity contribution in [2.75, 3.05) is 11.9 Å². The van der Waals surface area contributed by atoms with Crippen LogP contribution >= 0.6 is 0 Å². The lowest BCUT2D eigenvalue weighted by Crippen LogP contribution is -2.21. The molecule has 0 unspecified atom stereocenters. The SMILES string of the molecule is Cc1cc(OCCC(C)(C)O)cc(C)c1-c1ccc(F)c2c1CC[C@H]2Nc1ccc([C@H]2C[C@@H]2C(=O)O)cn1. The van der Waals surface area contributed by atoms with Crippen LogP contribution in [0.4, 0.5) is 10.2 Å². The van der Waals surface area contributed by atoms with Crippen molar-refractivity contribution in [2.24, 2.45) is 5.92 Å². The van der Waals surface area contributed by atoms with E-state index >= 15 is 4.39 Å². The summed E-state index contributed by atoms with van der Waals surface area (Å²) in [6.45, 7) is 8.06. The van der Waals surface area contributed by atoms with Crippen LogP contribution < -0.4 is 10.1 Å². The fourth-order valence-electron chi connectivity index (χ4n) is 5.67. The number of halogens is 1. The van der Waals surface area contributed by atoms with E-state index in [0.717, 1.165) is 52.0 Å². The van der Waals surface area contributed by atoms with Crippen LogP contribution in [0.15, 0.2) is 42.6 Å². The predicted molar refractivity (Wildman–Crippen MR) is 145 cm³/mol. The maximum absolute atomic E-state index is 15.2. The van der Waals surface area contributed by atoms with Crippen molar-refractivity contribution < 1.29 is 24.1 Å². The van der Waals surface area contributed by atoms with Crippen LogP contribution in [0.5, 0.6) is 5.75 Å². The smallest absolute Gasteiger partial charge is 0.307 e. The quantitative estimate of drug-likeness (QED) is 0.307. The molecule has 0 spiro atoms. The fraction of sp³-hybridized carbons (Fsp3) is 0.419. The third-order valence-corrected chi connectivity index (χ3v) is 7.74. The minimum absolute atomic E-state index is 0.0334. The summed E-state index contributed by atoms with van der Waals surface area (Å²) in [5, 5.41) is 22.5. The highest BCUT2D eigenvalue weighted by Crippen LogP contribution is 2.48. The summed E-state index contributed by atoms with van der Waals surface area (Å²) in [7, 11) is 0. The minimum atomic E-state index is -0.776. The summed E-state index contributed by atoms with van der Waals surface area (Å²) < 4.78 is 21.1. The first-order valence-electron chi connectivity index (χ1n) is 13.2. The summed E-state index contributed by atoms with van der Waals surface area (Å²) in [5.74, 6) is 0.158. The van der Waals surface area contributed by atoms with E-state index in [1.807, 2.05) is 44.2 Å². The summed E-state index contributed by atoms with van der Waals surface area (Å²) in [6, 6.07) is 11.0. The number of rotatable bonds is 9. The zero-order valence-corrected chi connectivity index (χ0v) is 22.3. The molecule has 2 aliphatic rings. The second-order valence-corrected chi connectivity index (χ2v) is 11.3. The lowest BCUT2D eigenvalue weighted by molar-refractivity contribution is -0.138. The van der Waals surface area contributed by atoms with Gasteiger partial charge in [0.15, 0.2) is 0 Å². The molecule has 3 aromatic rings. The number of benzene rings is 2. The Labute approximate surface area is 222 Å². The molecule has 1 heterocycles. The van der Waals surface area contributed by atoms with Crippen molar-refractivity contribution in [3.63, 3.8) is 0 Å². The zero-order valence-electron chi connectivity index (χ0n) is 22.3. The highest BCUT2D eigenvalue weighted by molar-refractivity contribution is 5.77. The van der Waals surface area contributed by atoms with Crippen LogP contribution in [0.3, 0.4) is 0 Å². The second kappa shape index (κ2) is 10.0. The molecule has 3 atom stereocenters. The number of hydrogen-bond donors (Lipinski definition) is 3. The van der Waals surface area contributed by atoms with Crippen LogP contribution in [0.2, 0.25) is 0 Å². The summed E-state index contributed by atoms with van der Waals surface area (Å²) in [5.41, 5.74) is 6.12. The van der Waals surface area contributed by atoms with Gasteiger partial charge in [-0.25, -0.2) is 9.37 Å². The number of nitrogens with zero attached hydrogens (tertiary/aromatic N) is 1. The molecule has 0 saturated heterocycles. The Kier molecular flexibility index (Phi) is 6.90. The van der Waals surface area contributed by atoms with E-state index in [2.05, 4.69) is 10.3 Å². The average Bonchev–Trinajstić information content (AvgIpc) is 3.54. The number of aliphatic hydroxyl groups is 1. The van der Waals surface area contributed by atoms with E-state index < -0.39 is 11.6 Å². The molecule has 2 aromatic carbocycles. The number of nitrogens with one attached hydrogen (secondary N) is 1. The molecular formula is C31H35FN2O4. The molecule has 3 N–H and O–H groups in total. The summed E-state index contributed by atoms with van der Waals surface area (Å²) >= 11 is 0. The molecule has 5 rings (SSSR count). The number of aromatic nitrogens is 1. The number of carboxylic acids is 1. The first-order valence-corrected chi connectivity index (χ1v) is 13.2. The van der Waals surface area contributed by atoms with Gasteiger partial charge in [-0.3, -0.25) is 4.79 Å². The predicted octanol–water partition coefficient (Wildman–Crippen LogP) is 6.33. The molecular weight excluding hydrogens is 483 g/mol. The molecule has 0 bridgehead atoms. The van der Waals surface area contributed by atoms with Crippen LogP contribution in [0.1, 0.15) is 72.9 Å². The van der Waals surface area contributed by atoms with Crippen molar-refractivity contribution in [3.05, 3.63) is 76.2 Å². The average molecular weight is 519 g/mol. The van der Waals surface area contributed by atoms with Gasteiger partial charge in [0.05, 0.1) is 24.2 Å². The van der Waals surface area contributed by atoms with Gasteiger partial charge in [0.1, 0.15) is 17.4 Å². The zero-order chi connectivity index (χ0) is 27.2. The van der Waals surface area contributed by atoms with Crippen molar-refractivity contribution in [3.8, 4) is 16.9 Å². The lowest BCUT2D eigenvalue weighted by Gasteiger charge is -2.20. The van der Waals surface area contributed by atoms with Gasteiger partial charge in [-0.2, -0.15) is 0 Å². The van der Waals surface area contributed by atoms with Crippen molar-refractivity contribution in [1.82, 2.24) is 4.98 Å². The molecule has 0 aliphatic heterocycles. The topological polar surface area (TPSA) is 91.7 Å². The number of carboxylic acid groups (broad SMARTS) is 1. The number of fused-ring (bicyclic) bond motifs is 1. The Hall–Kier alpha value is -3.45. The Morgan fingerprint density at radius 3 is 2.53 bits per heavy atom. The Bertz CT molecular complexity index is 1340. The van der Waals surface area contributed by atoms with Crippen molar-refractivity contribution in [2.45, 2.75) is 70.9 Å². The van der Waals surface area contributed by atoms with Gasteiger partial charge >= 0.3 is 5.97 Å². The highest BCUT2D eigenvalue weighted by atomic mass is 19.1. The van der Waals surface area contributed by atoms with Crippen molar-refractivity contribution in [1.29, 1.82) is 0 Å². The number of ether oxygens (including phenoxy) is 1. The number of anilines is 1. The first kappa shape index (κ1) is 26.2. The number of hydrogen-bond acceptors (Lipinski definition) is 5. The van der Waals surface area contributed by atoms with Crippen LogP contribution in [-0.4, -0.2) is 33.4 Å². The molecule has 1 aromatic heterocycles. The molecule has 38 heavy (non-hydrogen) atoms. The van der Waals surface area contributed by atoms with Gasteiger partial charge < -0.3 is 20.3 Å². The standard InChI is InChI=1S/C31H35FN2O4/c1-17-13-20(38-12-11-31(3,4)37)14-18(2)28(17)21-6-8-25(32)29-22(21)7-9-26(29)34-27-10-5-19(16-33-27)23-15-24(23)30(35)36/h5-6,8,10,13-14,16,23-24,26,37H,7,9,11-12,15H2,1-4H3,(H,33,34)(H,35,36)/t23-,24+,26-/m1/s1. The highest BCUT2D eigenvalue weighted by Gasteiger charge is 2.44. The summed E-state index contributed by atoms with van der Waals surface area (Å²) in [6.07, 6.45) is 4.43. The van der Waals surface area contributed by atoms with Crippen LogP contribution in [-0.2, 0) is 11.2 Å². The number of carbonyl (C=O) groups is 1. The van der Waals surface area contributed by atoms with Crippen LogP contribution in [0.25, 0.3) is 11.1 Å². The molecule has 7 heteroatoms. The molecule has 0 radical (unpaired) electrons. The van der Waals surface area contributed by atoms with Gasteiger partial charge in [0, 0.05) is 18.2 Å². The van der Waals surface area contributed by atoms with Gasteiger partial charge in [-0.1, -0.05) is 12.1 Å². The van der Waals surface area contributed by atoms with Gasteiger partial charge in [0.25, 0.3) is 0 Å². The molecule has 2 aliphatic carbocycles. The normalized spacial score (nSPS) is 20.2. The monoisotopic (exact) mass is 518 g/mol. The van der Waals surface area contributed by atoms with Crippen LogP contribution in [0, 0.1) is 25.6 Å². The van der Waals surface area contributed by atoms with Gasteiger partial charge in [-0.15, -0.1) is 0 Å². The first-order chi connectivity index (χ1) is 18.0.